The van der Waals surface area contributed by atoms with Gasteiger partial charge in [0, 0.05) is 18.7 Å². The lowest BCUT2D eigenvalue weighted by Crippen LogP contribution is -2.56. The summed E-state index contributed by atoms with van der Waals surface area (Å²) >= 11 is 0. The van der Waals surface area contributed by atoms with Crippen LogP contribution in [0.25, 0.3) is 0 Å². The number of hydrogen-bond acceptors (Lipinski definition) is 5. The van der Waals surface area contributed by atoms with Gasteiger partial charge >= 0.3 is 6.09 Å². The van der Waals surface area contributed by atoms with Crippen LogP contribution in [-0.2, 0) is 11.2 Å². The van der Waals surface area contributed by atoms with Gasteiger partial charge in [0.2, 0.25) is 0 Å². The van der Waals surface area contributed by atoms with Crippen LogP contribution in [0.5, 0.6) is 0 Å². The zero-order valence-corrected chi connectivity index (χ0v) is 15.2. The van der Waals surface area contributed by atoms with Gasteiger partial charge in [-0.3, -0.25) is 4.79 Å². The van der Waals surface area contributed by atoms with Crippen LogP contribution in [0.2, 0.25) is 0 Å². The molecule has 26 heavy (non-hydrogen) atoms. The minimum atomic E-state index is -0.747. The summed E-state index contributed by atoms with van der Waals surface area (Å²) in [5.41, 5.74) is 0.566. The molecular formula is C19H22N4O3. The molecule has 0 N–H and O–H groups in total. The molecule has 0 aromatic heterocycles. The third kappa shape index (κ3) is 4.73. The summed E-state index contributed by atoms with van der Waals surface area (Å²) in [7, 11) is 0. The van der Waals surface area contributed by atoms with Crippen molar-refractivity contribution in [2.24, 2.45) is 0 Å². The quantitative estimate of drug-likeness (QED) is 0.812. The summed E-state index contributed by atoms with van der Waals surface area (Å²) in [6.45, 7) is 5.99. The predicted octanol–water partition coefficient (Wildman–Crippen LogP) is 2.34. The summed E-state index contributed by atoms with van der Waals surface area (Å²) in [5, 5.41) is 18.3. The zero-order chi connectivity index (χ0) is 19.3. The molecule has 0 spiro atoms. The van der Waals surface area contributed by atoms with Gasteiger partial charge in [0.05, 0.1) is 25.1 Å². The maximum absolute atomic E-state index is 12.8. The molecule has 0 radical (unpaired) electrons. The lowest BCUT2D eigenvalue weighted by atomic mass is 10.1. The highest BCUT2D eigenvalue weighted by atomic mass is 16.6. The van der Waals surface area contributed by atoms with Crippen LogP contribution in [0, 0.1) is 22.7 Å². The minimum Gasteiger partial charge on any atom is -0.444 e. The van der Waals surface area contributed by atoms with Gasteiger partial charge in [0.1, 0.15) is 11.6 Å². The topological polar surface area (TPSA) is 97.4 Å². The Hall–Kier alpha value is -3.06. The Labute approximate surface area is 153 Å². The molecule has 0 saturated carbocycles. The van der Waals surface area contributed by atoms with Crippen molar-refractivity contribution in [2.75, 3.05) is 19.6 Å². The first kappa shape index (κ1) is 19.3. The largest absolute Gasteiger partial charge is 0.444 e. The highest BCUT2D eigenvalue weighted by Crippen LogP contribution is 2.18. The Morgan fingerprint density at radius 2 is 2.00 bits per heavy atom. The fourth-order valence-corrected chi connectivity index (χ4v) is 2.70. The zero-order valence-electron chi connectivity index (χ0n) is 15.2. The van der Waals surface area contributed by atoms with E-state index in [4.69, 9.17) is 10.00 Å². The number of nitriles is 2. The van der Waals surface area contributed by atoms with Crippen LogP contribution in [0.4, 0.5) is 4.79 Å². The van der Waals surface area contributed by atoms with Gasteiger partial charge in [-0.15, -0.1) is 0 Å². The van der Waals surface area contributed by atoms with Crippen molar-refractivity contribution < 1.29 is 14.3 Å². The Bertz CT molecular complexity index is 770. The van der Waals surface area contributed by atoms with Crippen LogP contribution in [0.3, 0.4) is 0 Å². The SMILES string of the molecule is CC(C)(C)OC(=O)N1CCN(C(=O)c2cccc(CC#N)c2)[C@H](C#N)C1. The molecule has 1 atom stereocenters. The Morgan fingerprint density at radius 3 is 2.62 bits per heavy atom. The lowest BCUT2D eigenvalue weighted by molar-refractivity contribution is 0.00926. The van der Waals surface area contributed by atoms with Crippen LogP contribution in [0.15, 0.2) is 24.3 Å². The van der Waals surface area contributed by atoms with E-state index in [9.17, 15) is 14.9 Å². The number of rotatable bonds is 2. The molecule has 1 aliphatic heterocycles. The van der Waals surface area contributed by atoms with Crippen LogP contribution < -0.4 is 0 Å². The van der Waals surface area contributed by atoms with Crippen molar-refractivity contribution in [3.05, 3.63) is 35.4 Å². The maximum atomic E-state index is 12.8. The molecule has 2 rings (SSSR count). The molecule has 1 aromatic carbocycles. The van der Waals surface area contributed by atoms with Crippen molar-refractivity contribution in [1.82, 2.24) is 9.80 Å². The van der Waals surface area contributed by atoms with E-state index < -0.39 is 17.7 Å². The molecule has 136 valence electrons. The Balaban J connectivity index is 2.11. The number of amides is 2. The van der Waals surface area contributed by atoms with Crippen molar-refractivity contribution in [1.29, 1.82) is 10.5 Å². The molecule has 1 fully saturated rings. The highest BCUT2D eigenvalue weighted by molar-refractivity contribution is 5.95. The molecule has 0 aliphatic carbocycles. The fourth-order valence-electron chi connectivity index (χ4n) is 2.70. The first-order valence-electron chi connectivity index (χ1n) is 8.39. The molecule has 0 unspecified atom stereocenters. The van der Waals surface area contributed by atoms with Gasteiger partial charge in [-0.05, 0) is 38.5 Å². The molecule has 2 amide bonds. The monoisotopic (exact) mass is 354 g/mol. The van der Waals surface area contributed by atoms with Crippen LogP contribution in [0.1, 0.15) is 36.7 Å². The summed E-state index contributed by atoms with van der Waals surface area (Å²) < 4.78 is 5.34. The summed E-state index contributed by atoms with van der Waals surface area (Å²) in [5.74, 6) is -0.278. The molecule has 0 bridgehead atoms. The van der Waals surface area contributed by atoms with Gasteiger partial charge in [-0.25, -0.2) is 4.79 Å². The second kappa shape index (κ2) is 7.88. The van der Waals surface area contributed by atoms with Crippen molar-refractivity contribution >= 4 is 12.0 Å². The number of hydrogen-bond donors (Lipinski definition) is 0. The van der Waals surface area contributed by atoms with E-state index in [1.54, 1.807) is 45.0 Å². The average molecular weight is 354 g/mol. The second-order valence-electron chi connectivity index (χ2n) is 7.11. The van der Waals surface area contributed by atoms with E-state index in [0.29, 0.717) is 12.1 Å². The molecule has 1 heterocycles. The first-order valence-corrected chi connectivity index (χ1v) is 8.39. The summed E-state index contributed by atoms with van der Waals surface area (Å²) in [6, 6.07) is 10.2. The van der Waals surface area contributed by atoms with E-state index >= 15 is 0 Å². The number of ether oxygens (including phenoxy) is 1. The van der Waals surface area contributed by atoms with Crippen molar-refractivity contribution in [3.63, 3.8) is 0 Å². The fraction of sp³-hybridized carbons (Fsp3) is 0.474. The standard InChI is InChI=1S/C19H22N4O3/c1-19(2,3)26-18(25)22-9-10-23(16(12-21)13-22)17(24)15-6-4-5-14(11-15)7-8-20/h4-6,11,16H,7,9-10,13H2,1-3H3/t16-/m1/s1. The number of carbonyl (C=O) groups is 2. The lowest BCUT2D eigenvalue weighted by Gasteiger charge is -2.38. The van der Waals surface area contributed by atoms with E-state index in [-0.39, 0.29) is 25.4 Å². The van der Waals surface area contributed by atoms with E-state index in [1.807, 2.05) is 0 Å². The molecule has 1 aliphatic rings. The van der Waals surface area contributed by atoms with Gasteiger partial charge in [-0.2, -0.15) is 10.5 Å². The normalized spacial score (nSPS) is 17.2. The Morgan fingerprint density at radius 1 is 1.27 bits per heavy atom. The van der Waals surface area contributed by atoms with Gasteiger partial charge in [0.25, 0.3) is 5.91 Å². The molecule has 1 saturated heterocycles. The number of benzene rings is 1. The smallest absolute Gasteiger partial charge is 0.410 e. The molecule has 1 aromatic rings. The van der Waals surface area contributed by atoms with Gasteiger partial charge < -0.3 is 14.5 Å². The summed E-state index contributed by atoms with van der Waals surface area (Å²) in [4.78, 5) is 27.9. The van der Waals surface area contributed by atoms with Crippen molar-refractivity contribution in [3.8, 4) is 12.1 Å². The van der Waals surface area contributed by atoms with Gasteiger partial charge in [-0.1, -0.05) is 12.1 Å². The third-order valence-corrected chi connectivity index (χ3v) is 3.90. The first-order chi connectivity index (χ1) is 12.2. The van der Waals surface area contributed by atoms with Crippen LogP contribution in [-0.4, -0.2) is 53.1 Å². The third-order valence-electron chi connectivity index (χ3n) is 3.90. The number of nitrogens with zero attached hydrogens (tertiary/aromatic N) is 4. The molecule has 7 heteroatoms. The van der Waals surface area contributed by atoms with E-state index in [1.165, 1.54) is 9.80 Å². The number of piperazine rings is 1. The molecular weight excluding hydrogens is 332 g/mol. The predicted molar refractivity (Wildman–Crippen MR) is 94.0 cm³/mol. The number of carbonyl (C=O) groups excluding carboxylic acids is 2. The van der Waals surface area contributed by atoms with E-state index in [2.05, 4.69) is 12.1 Å². The Kier molecular flexibility index (Phi) is 5.84. The highest BCUT2D eigenvalue weighted by Gasteiger charge is 2.34. The van der Waals surface area contributed by atoms with E-state index in [0.717, 1.165) is 5.56 Å². The second-order valence-corrected chi connectivity index (χ2v) is 7.11. The van der Waals surface area contributed by atoms with Crippen LogP contribution >= 0.6 is 0 Å². The minimum absolute atomic E-state index is 0.106. The molecule has 7 nitrogen and oxygen atoms in total. The van der Waals surface area contributed by atoms with Crippen molar-refractivity contribution in [2.45, 2.75) is 38.8 Å². The average Bonchev–Trinajstić information content (AvgIpc) is 2.59. The summed E-state index contributed by atoms with van der Waals surface area (Å²) in [6.07, 6.45) is -0.268. The van der Waals surface area contributed by atoms with Gasteiger partial charge in [0.15, 0.2) is 0 Å². The maximum Gasteiger partial charge on any atom is 0.410 e.